The first-order chi connectivity index (χ1) is 11.2. The molecule has 0 radical (unpaired) electrons. The van der Waals surface area contributed by atoms with Gasteiger partial charge in [-0.25, -0.2) is 0 Å². The van der Waals surface area contributed by atoms with Crippen LogP contribution in [0.2, 0.25) is 0 Å². The van der Waals surface area contributed by atoms with Gasteiger partial charge in [0.05, 0.1) is 6.61 Å². The van der Waals surface area contributed by atoms with Crippen LogP contribution in [0.5, 0.6) is 0 Å². The summed E-state index contributed by atoms with van der Waals surface area (Å²) in [5.74, 6) is 0.464. The molecule has 1 aromatic carbocycles. The van der Waals surface area contributed by atoms with Gasteiger partial charge in [-0.05, 0) is 43.7 Å². The first-order valence-corrected chi connectivity index (χ1v) is 7.60. The van der Waals surface area contributed by atoms with Crippen LogP contribution in [0.15, 0.2) is 36.4 Å². The van der Waals surface area contributed by atoms with Crippen molar-refractivity contribution < 1.29 is 9.53 Å². The van der Waals surface area contributed by atoms with Gasteiger partial charge in [0.15, 0.2) is 11.5 Å². The summed E-state index contributed by atoms with van der Waals surface area (Å²) >= 11 is 0. The van der Waals surface area contributed by atoms with Crippen molar-refractivity contribution in [2.45, 2.75) is 13.8 Å². The Kier molecular flexibility index (Phi) is 6.05. The number of ether oxygens (including phenoxy) is 1. The zero-order valence-corrected chi connectivity index (χ0v) is 13.7. The lowest BCUT2D eigenvalue weighted by Crippen LogP contribution is -2.28. The summed E-state index contributed by atoms with van der Waals surface area (Å²) in [5, 5.41) is 10.9. The Morgan fingerprint density at radius 2 is 2.09 bits per heavy atom. The maximum atomic E-state index is 11.9. The highest BCUT2D eigenvalue weighted by molar-refractivity contribution is 5.92. The van der Waals surface area contributed by atoms with Crippen molar-refractivity contribution in [2.75, 3.05) is 31.7 Å². The molecule has 0 fully saturated rings. The number of aromatic nitrogens is 2. The van der Waals surface area contributed by atoms with Crippen molar-refractivity contribution in [3.63, 3.8) is 0 Å². The molecule has 0 bridgehead atoms. The molecule has 2 rings (SSSR count). The second-order valence-corrected chi connectivity index (χ2v) is 5.11. The summed E-state index contributed by atoms with van der Waals surface area (Å²) in [7, 11) is 1.59. The standard InChI is InChI=1S/C17H22N4O2/c1-4-21(14-7-5-6-13(2)12-14)16-9-8-15(19-20-16)17(22)18-10-11-23-3/h5-9,12H,4,10-11H2,1-3H3,(H,18,22). The number of benzene rings is 1. The predicted molar refractivity (Wildman–Crippen MR) is 90.1 cm³/mol. The van der Waals surface area contributed by atoms with Gasteiger partial charge in [-0.15, -0.1) is 10.2 Å². The number of methoxy groups -OCH3 is 1. The minimum absolute atomic E-state index is 0.250. The van der Waals surface area contributed by atoms with E-state index in [9.17, 15) is 4.79 Å². The van der Waals surface area contributed by atoms with Crippen LogP contribution in [0.25, 0.3) is 0 Å². The zero-order valence-electron chi connectivity index (χ0n) is 13.7. The lowest BCUT2D eigenvalue weighted by atomic mass is 10.2. The SMILES string of the molecule is CCN(c1cccc(C)c1)c1ccc(C(=O)NCCOC)nn1. The van der Waals surface area contributed by atoms with Crippen molar-refractivity contribution in [1.29, 1.82) is 0 Å². The number of hydrogen-bond acceptors (Lipinski definition) is 5. The first kappa shape index (κ1) is 16.9. The molecule has 0 aliphatic carbocycles. The highest BCUT2D eigenvalue weighted by Crippen LogP contribution is 2.23. The van der Waals surface area contributed by atoms with Gasteiger partial charge in [-0.1, -0.05) is 12.1 Å². The molecule has 0 saturated carbocycles. The molecule has 0 aliphatic rings. The van der Waals surface area contributed by atoms with E-state index >= 15 is 0 Å². The van der Waals surface area contributed by atoms with Crippen molar-refractivity contribution in [3.05, 3.63) is 47.7 Å². The molecular formula is C17H22N4O2. The molecule has 1 N–H and O–H groups in total. The molecule has 122 valence electrons. The number of aryl methyl sites for hydroxylation is 1. The summed E-state index contributed by atoms with van der Waals surface area (Å²) in [5.41, 5.74) is 2.53. The number of nitrogens with one attached hydrogen (secondary N) is 1. The molecular weight excluding hydrogens is 292 g/mol. The summed E-state index contributed by atoms with van der Waals surface area (Å²) in [6.07, 6.45) is 0. The molecule has 0 saturated heterocycles. The normalized spacial score (nSPS) is 10.4. The van der Waals surface area contributed by atoms with Crippen molar-refractivity contribution in [2.24, 2.45) is 0 Å². The van der Waals surface area contributed by atoms with Crippen molar-refractivity contribution in [3.8, 4) is 0 Å². The van der Waals surface area contributed by atoms with Gasteiger partial charge in [0.2, 0.25) is 0 Å². The average Bonchev–Trinajstić information content (AvgIpc) is 2.56. The zero-order chi connectivity index (χ0) is 16.7. The third kappa shape index (κ3) is 4.50. The van der Waals surface area contributed by atoms with Gasteiger partial charge < -0.3 is 15.0 Å². The number of hydrogen-bond donors (Lipinski definition) is 1. The van der Waals surface area contributed by atoms with Gasteiger partial charge in [-0.3, -0.25) is 4.79 Å². The monoisotopic (exact) mass is 314 g/mol. The van der Waals surface area contributed by atoms with Crippen LogP contribution >= 0.6 is 0 Å². The van der Waals surface area contributed by atoms with E-state index in [2.05, 4.69) is 41.5 Å². The van der Waals surface area contributed by atoms with Crippen LogP contribution in [0.1, 0.15) is 23.0 Å². The largest absolute Gasteiger partial charge is 0.383 e. The Morgan fingerprint density at radius 1 is 1.26 bits per heavy atom. The smallest absolute Gasteiger partial charge is 0.271 e. The molecule has 0 atom stereocenters. The van der Waals surface area contributed by atoms with Gasteiger partial charge >= 0.3 is 0 Å². The van der Waals surface area contributed by atoms with E-state index in [1.165, 1.54) is 5.56 Å². The van der Waals surface area contributed by atoms with Crippen LogP contribution in [-0.4, -0.2) is 42.9 Å². The number of amides is 1. The Balaban J connectivity index is 2.12. The molecule has 6 heteroatoms. The van der Waals surface area contributed by atoms with E-state index in [1.54, 1.807) is 13.2 Å². The van der Waals surface area contributed by atoms with Crippen molar-refractivity contribution in [1.82, 2.24) is 15.5 Å². The highest BCUT2D eigenvalue weighted by Gasteiger charge is 2.12. The van der Waals surface area contributed by atoms with Crippen LogP contribution in [0.3, 0.4) is 0 Å². The van der Waals surface area contributed by atoms with Crippen LogP contribution < -0.4 is 10.2 Å². The average molecular weight is 314 g/mol. The molecule has 6 nitrogen and oxygen atoms in total. The Hall–Kier alpha value is -2.47. The Labute approximate surface area is 136 Å². The third-order valence-corrected chi connectivity index (χ3v) is 3.38. The summed E-state index contributed by atoms with van der Waals surface area (Å²) in [4.78, 5) is 14.0. The summed E-state index contributed by atoms with van der Waals surface area (Å²) in [6, 6.07) is 11.7. The molecule has 1 aromatic heterocycles. The van der Waals surface area contributed by atoms with E-state index in [0.717, 1.165) is 12.2 Å². The number of carbonyl (C=O) groups excluding carboxylic acids is 1. The van der Waals surface area contributed by atoms with E-state index in [0.29, 0.717) is 24.7 Å². The molecule has 0 aliphatic heterocycles. The fourth-order valence-corrected chi connectivity index (χ4v) is 2.22. The number of carbonyl (C=O) groups is 1. The van der Waals surface area contributed by atoms with E-state index < -0.39 is 0 Å². The maximum absolute atomic E-state index is 11.9. The molecule has 1 heterocycles. The number of anilines is 2. The number of rotatable bonds is 7. The first-order valence-electron chi connectivity index (χ1n) is 7.60. The van der Waals surface area contributed by atoms with E-state index in [1.807, 2.05) is 23.1 Å². The fourth-order valence-electron chi connectivity index (χ4n) is 2.22. The molecule has 0 unspecified atom stereocenters. The second-order valence-electron chi connectivity index (χ2n) is 5.11. The Bertz CT molecular complexity index is 643. The fraction of sp³-hybridized carbons (Fsp3) is 0.353. The predicted octanol–water partition coefficient (Wildman–Crippen LogP) is 2.32. The minimum Gasteiger partial charge on any atom is -0.383 e. The molecule has 2 aromatic rings. The molecule has 23 heavy (non-hydrogen) atoms. The highest BCUT2D eigenvalue weighted by atomic mass is 16.5. The van der Waals surface area contributed by atoms with Gasteiger partial charge in [0.25, 0.3) is 5.91 Å². The lowest BCUT2D eigenvalue weighted by molar-refractivity contribution is 0.0931. The number of nitrogens with zero attached hydrogens (tertiary/aromatic N) is 3. The van der Waals surface area contributed by atoms with Gasteiger partial charge in [0.1, 0.15) is 0 Å². The van der Waals surface area contributed by atoms with E-state index in [-0.39, 0.29) is 5.91 Å². The quantitative estimate of drug-likeness (QED) is 0.794. The van der Waals surface area contributed by atoms with Gasteiger partial charge in [-0.2, -0.15) is 0 Å². The van der Waals surface area contributed by atoms with Crippen LogP contribution in [0.4, 0.5) is 11.5 Å². The van der Waals surface area contributed by atoms with E-state index in [4.69, 9.17) is 4.74 Å². The van der Waals surface area contributed by atoms with Crippen molar-refractivity contribution >= 4 is 17.4 Å². The second kappa shape index (κ2) is 8.24. The minimum atomic E-state index is -0.250. The summed E-state index contributed by atoms with van der Waals surface area (Å²) < 4.78 is 4.89. The molecule has 0 spiro atoms. The third-order valence-electron chi connectivity index (χ3n) is 3.38. The maximum Gasteiger partial charge on any atom is 0.271 e. The molecule has 1 amide bonds. The summed E-state index contributed by atoms with van der Waals surface area (Å²) in [6.45, 7) is 5.78. The topological polar surface area (TPSA) is 67.4 Å². The lowest BCUT2D eigenvalue weighted by Gasteiger charge is -2.22. The van der Waals surface area contributed by atoms with Crippen LogP contribution in [-0.2, 0) is 4.74 Å². The van der Waals surface area contributed by atoms with Crippen LogP contribution in [0, 0.1) is 6.92 Å². The van der Waals surface area contributed by atoms with Gasteiger partial charge in [0, 0.05) is 25.9 Å². The Morgan fingerprint density at radius 3 is 2.70 bits per heavy atom.